The fourth-order valence-corrected chi connectivity index (χ4v) is 1.07. The third kappa shape index (κ3) is 8.29. The number of carbonyl (C=O) groups excluding carboxylic acids is 1. The van der Waals surface area contributed by atoms with Crippen LogP contribution in [-0.2, 0) is 14.4 Å². The standard InChI is InChI=1S/C8H16N2O3.C2HF3O2/c1-3-10(6(2)8(12)13)7(11)4-5-9;3-2(4,5)1(6)7/h6H,3-5,9H2,1-2H3,(H,12,13);(H,6,7)/t6-;/m0./s1. The Kier molecular flexibility index (Phi) is 9.34. The van der Waals surface area contributed by atoms with Crippen molar-refractivity contribution in [2.45, 2.75) is 32.5 Å². The maximum absolute atomic E-state index is 11.3. The molecule has 0 spiro atoms. The van der Waals surface area contributed by atoms with Crippen LogP contribution in [0.25, 0.3) is 0 Å². The number of alkyl halides is 3. The molecule has 0 saturated carbocycles. The van der Waals surface area contributed by atoms with Crippen LogP contribution < -0.4 is 5.73 Å². The number of likely N-dealkylation sites (N-methyl/N-ethyl adjacent to an activating group) is 1. The van der Waals surface area contributed by atoms with Gasteiger partial charge in [-0.1, -0.05) is 0 Å². The summed E-state index contributed by atoms with van der Waals surface area (Å²) in [6.45, 7) is 3.88. The number of amides is 1. The molecule has 0 unspecified atom stereocenters. The normalized spacial score (nSPS) is 11.9. The highest BCUT2D eigenvalue weighted by Crippen LogP contribution is 2.13. The molecule has 0 saturated heterocycles. The number of halogens is 3. The average Bonchev–Trinajstić information content (AvgIpc) is 2.29. The third-order valence-electron chi connectivity index (χ3n) is 2.09. The van der Waals surface area contributed by atoms with Crippen molar-refractivity contribution in [3.8, 4) is 0 Å². The Morgan fingerprint density at radius 2 is 1.65 bits per heavy atom. The fourth-order valence-electron chi connectivity index (χ4n) is 1.07. The van der Waals surface area contributed by atoms with Gasteiger partial charge in [0.2, 0.25) is 5.91 Å². The predicted octanol–water partition coefficient (Wildman–Crippen LogP) is 0.290. The summed E-state index contributed by atoms with van der Waals surface area (Å²) in [5.41, 5.74) is 5.20. The molecule has 0 aliphatic carbocycles. The van der Waals surface area contributed by atoms with Gasteiger partial charge in [-0.15, -0.1) is 0 Å². The SMILES string of the molecule is CCN(C(=O)CCN)[C@@H](C)C(=O)O.O=C(O)C(F)(F)F. The van der Waals surface area contributed by atoms with Crippen molar-refractivity contribution in [2.75, 3.05) is 13.1 Å². The molecule has 118 valence electrons. The third-order valence-corrected chi connectivity index (χ3v) is 2.09. The summed E-state index contributed by atoms with van der Waals surface area (Å²) in [4.78, 5) is 32.1. The Balaban J connectivity index is 0. The van der Waals surface area contributed by atoms with Crippen molar-refractivity contribution >= 4 is 17.8 Å². The summed E-state index contributed by atoms with van der Waals surface area (Å²) < 4.78 is 31.7. The highest BCUT2D eigenvalue weighted by molar-refractivity contribution is 5.83. The first-order valence-corrected chi connectivity index (χ1v) is 5.51. The molecule has 0 aliphatic heterocycles. The second-order valence-corrected chi connectivity index (χ2v) is 3.54. The number of carbonyl (C=O) groups is 3. The molecule has 0 aromatic rings. The Hall–Kier alpha value is -1.84. The minimum Gasteiger partial charge on any atom is -0.480 e. The van der Waals surface area contributed by atoms with Crippen LogP contribution in [0.3, 0.4) is 0 Å². The minimum atomic E-state index is -5.08. The van der Waals surface area contributed by atoms with Crippen LogP contribution in [0, 0.1) is 0 Å². The molecule has 20 heavy (non-hydrogen) atoms. The van der Waals surface area contributed by atoms with Gasteiger partial charge in [0.1, 0.15) is 6.04 Å². The zero-order valence-corrected chi connectivity index (χ0v) is 11.0. The van der Waals surface area contributed by atoms with Gasteiger partial charge in [-0.25, -0.2) is 9.59 Å². The van der Waals surface area contributed by atoms with Gasteiger partial charge in [0.05, 0.1) is 0 Å². The maximum Gasteiger partial charge on any atom is 0.490 e. The second kappa shape index (κ2) is 9.13. The molecular formula is C10H17F3N2O5. The van der Waals surface area contributed by atoms with Crippen molar-refractivity contribution in [3.05, 3.63) is 0 Å². The molecule has 0 rings (SSSR count). The zero-order chi connectivity index (χ0) is 16.5. The summed E-state index contributed by atoms with van der Waals surface area (Å²) in [5.74, 6) is -3.96. The van der Waals surface area contributed by atoms with Crippen molar-refractivity contribution in [1.82, 2.24) is 4.90 Å². The van der Waals surface area contributed by atoms with Gasteiger partial charge in [0.15, 0.2) is 0 Å². The molecule has 0 bridgehead atoms. The van der Waals surface area contributed by atoms with E-state index in [9.17, 15) is 22.8 Å². The molecule has 0 aromatic heterocycles. The lowest BCUT2D eigenvalue weighted by Gasteiger charge is -2.24. The van der Waals surface area contributed by atoms with E-state index in [1.165, 1.54) is 11.8 Å². The van der Waals surface area contributed by atoms with Crippen LogP contribution in [0.2, 0.25) is 0 Å². The van der Waals surface area contributed by atoms with Crippen LogP contribution in [0.1, 0.15) is 20.3 Å². The number of nitrogens with zero attached hydrogens (tertiary/aromatic N) is 1. The van der Waals surface area contributed by atoms with E-state index in [0.29, 0.717) is 6.54 Å². The fraction of sp³-hybridized carbons (Fsp3) is 0.700. The first-order valence-electron chi connectivity index (χ1n) is 5.51. The summed E-state index contributed by atoms with van der Waals surface area (Å²) in [5, 5.41) is 15.8. The zero-order valence-electron chi connectivity index (χ0n) is 11.0. The Morgan fingerprint density at radius 1 is 1.25 bits per heavy atom. The van der Waals surface area contributed by atoms with Gasteiger partial charge in [0, 0.05) is 19.5 Å². The van der Waals surface area contributed by atoms with E-state index in [-0.39, 0.29) is 18.9 Å². The van der Waals surface area contributed by atoms with E-state index >= 15 is 0 Å². The average molecular weight is 302 g/mol. The largest absolute Gasteiger partial charge is 0.490 e. The van der Waals surface area contributed by atoms with Crippen molar-refractivity contribution in [2.24, 2.45) is 5.73 Å². The van der Waals surface area contributed by atoms with Gasteiger partial charge in [0.25, 0.3) is 0 Å². The van der Waals surface area contributed by atoms with Gasteiger partial charge >= 0.3 is 18.1 Å². The van der Waals surface area contributed by atoms with Crippen LogP contribution in [0.5, 0.6) is 0 Å². The summed E-state index contributed by atoms with van der Waals surface area (Å²) in [6.07, 6.45) is -4.88. The number of nitrogens with two attached hydrogens (primary N) is 1. The molecule has 0 aliphatic rings. The van der Waals surface area contributed by atoms with E-state index in [1.54, 1.807) is 6.92 Å². The lowest BCUT2D eigenvalue weighted by molar-refractivity contribution is -0.192. The van der Waals surface area contributed by atoms with Crippen LogP contribution in [-0.4, -0.2) is 58.3 Å². The smallest absolute Gasteiger partial charge is 0.480 e. The minimum absolute atomic E-state index is 0.200. The Bertz CT molecular complexity index is 346. The van der Waals surface area contributed by atoms with E-state index < -0.39 is 24.2 Å². The first-order chi connectivity index (χ1) is 8.98. The van der Waals surface area contributed by atoms with E-state index in [1.807, 2.05) is 0 Å². The lowest BCUT2D eigenvalue weighted by Crippen LogP contribution is -2.43. The summed E-state index contributed by atoms with van der Waals surface area (Å²) in [7, 11) is 0. The Morgan fingerprint density at radius 3 is 1.85 bits per heavy atom. The summed E-state index contributed by atoms with van der Waals surface area (Å²) in [6, 6.07) is -0.774. The molecule has 0 aromatic carbocycles. The number of rotatable bonds is 5. The molecule has 0 heterocycles. The molecule has 0 fully saturated rings. The number of carboxylic acid groups (broad SMARTS) is 2. The number of hydrogen-bond acceptors (Lipinski definition) is 4. The van der Waals surface area contributed by atoms with Gasteiger partial charge < -0.3 is 20.8 Å². The molecule has 1 atom stereocenters. The number of aliphatic carboxylic acids is 2. The van der Waals surface area contributed by atoms with Gasteiger partial charge in [-0.2, -0.15) is 13.2 Å². The van der Waals surface area contributed by atoms with Crippen LogP contribution in [0.15, 0.2) is 0 Å². The monoisotopic (exact) mass is 302 g/mol. The number of carboxylic acids is 2. The van der Waals surface area contributed by atoms with E-state index in [4.69, 9.17) is 20.7 Å². The van der Waals surface area contributed by atoms with Gasteiger partial charge in [-0.05, 0) is 13.8 Å². The van der Waals surface area contributed by atoms with E-state index in [2.05, 4.69) is 0 Å². The van der Waals surface area contributed by atoms with Crippen molar-refractivity contribution < 1.29 is 37.8 Å². The summed E-state index contributed by atoms with van der Waals surface area (Å²) >= 11 is 0. The molecule has 10 heteroatoms. The van der Waals surface area contributed by atoms with Crippen LogP contribution >= 0.6 is 0 Å². The quantitative estimate of drug-likeness (QED) is 0.671. The molecule has 4 N–H and O–H groups in total. The first kappa shape index (κ1) is 20.5. The molecule has 0 radical (unpaired) electrons. The predicted molar refractivity (Wildman–Crippen MR) is 61.8 cm³/mol. The second-order valence-electron chi connectivity index (χ2n) is 3.54. The van der Waals surface area contributed by atoms with Crippen molar-refractivity contribution in [1.29, 1.82) is 0 Å². The molecule has 7 nitrogen and oxygen atoms in total. The van der Waals surface area contributed by atoms with Crippen LogP contribution in [0.4, 0.5) is 13.2 Å². The van der Waals surface area contributed by atoms with Crippen molar-refractivity contribution in [3.63, 3.8) is 0 Å². The van der Waals surface area contributed by atoms with E-state index in [0.717, 1.165) is 0 Å². The highest BCUT2D eigenvalue weighted by atomic mass is 19.4. The highest BCUT2D eigenvalue weighted by Gasteiger charge is 2.38. The maximum atomic E-state index is 11.3. The van der Waals surface area contributed by atoms with Gasteiger partial charge in [-0.3, -0.25) is 4.79 Å². The lowest BCUT2D eigenvalue weighted by atomic mass is 10.2. The molecular weight excluding hydrogens is 285 g/mol. The number of hydrogen-bond donors (Lipinski definition) is 3. The Labute approximate surface area is 113 Å². The topological polar surface area (TPSA) is 121 Å². The molecule has 1 amide bonds.